The number of nitrogens with one attached hydrogen (secondary N) is 1. The van der Waals surface area contributed by atoms with Gasteiger partial charge in [-0.05, 0) is 24.8 Å². The average Bonchev–Trinajstić information content (AvgIpc) is 3.09. The summed E-state index contributed by atoms with van der Waals surface area (Å²) in [6.45, 7) is 3.99. The van der Waals surface area contributed by atoms with Crippen molar-refractivity contribution in [3.63, 3.8) is 0 Å². The zero-order valence-corrected chi connectivity index (χ0v) is 13.7. The molecule has 0 saturated heterocycles. The largest absolute Gasteiger partial charge is 0.437 e. The normalized spacial score (nSPS) is 12.3. The molecule has 0 spiro atoms. The number of amides is 1. The van der Waals surface area contributed by atoms with Crippen LogP contribution in [0.5, 0.6) is 0 Å². The monoisotopic (exact) mass is 323 g/mol. The van der Waals surface area contributed by atoms with E-state index in [0.29, 0.717) is 0 Å². The van der Waals surface area contributed by atoms with E-state index in [0.717, 1.165) is 35.2 Å². The number of rotatable bonds is 8. The van der Waals surface area contributed by atoms with E-state index in [1.165, 1.54) is 11.3 Å². The molecule has 0 aliphatic carbocycles. The Hall–Kier alpha value is -1.89. The van der Waals surface area contributed by atoms with Crippen LogP contribution in [-0.4, -0.2) is 21.7 Å². The van der Waals surface area contributed by atoms with Crippen LogP contribution in [0.3, 0.4) is 0 Å². The molecule has 2 aromatic heterocycles. The second kappa shape index (κ2) is 7.93. The zero-order valence-electron chi connectivity index (χ0n) is 12.9. The SMILES string of the molecule is CCCCC[C@@H](C)NC(=O)Cn1nc(-c2cccs2)oc1=O. The highest BCUT2D eigenvalue weighted by Crippen LogP contribution is 2.20. The lowest BCUT2D eigenvalue weighted by atomic mass is 10.1. The fraction of sp³-hybridized carbons (Fsp3) is 0.533. The first-order valence-electron chi connectivity index (χ1n) is 7.51. The maximum atomic E-state index is 12.0. The molecule has 1 atom stereocenters. The highest BCUT2D eigenvalue weighted by atomic mass is 32.1. The van der Waals surface area contributed by atoms with Gasteiger partial charge in [0.25, 0.3) is 5.89 Å². The van der Waals surface area contributed by atoms with Crippen molar-refractivity contribution in [3.05, 3.63) is 28.1 Å². The number of unbranched alkanes of at least 4 members (excludes halogenated alkanes) is 2. The van der Waals surface area contributed by atoms with Gasteiger partial charge in [0.05, 0.1) is 4.88 Å². The van der Waals surface area contributed by atoms with Gasteiger partial charge in [-0.25, -0.2) is 4.79 Å². The standard InChI is InChI=1S/C15H21N3O3S/c1-3-4-5-7-11(2)16-13(19)10-18-15(20)21-14(17-18)12-8-6-9-22-12/h6,8-9,11H,3-5,7,10H2,1-2H3,(H,16,19)/t11-/m1/s1. The molecule has 1 N–H and O–H groups in total. The molecule has 0 bridgehead atoms. The zero-order chi connectivity index (χ0) is 15.9. The third kappa shape index (κ3) is 4.56. The number of carbonyl (C=O) groups is 1. The van der Waals surface area contributed by atoms with E-state index >= 15 is 0 Å². The van der Waals surface area contributed by atoms with Crippen molar-refractivity contribution in [2.24, 2.45) is 0 Å². The Morgan fingerprint density at radius 3 is 3.00 bits per heavy atom. The topological polar surface area (TPSA) is 77.1 Å². The van der Waals surface area contributed by atoms with Crippen LogP contribution in [0.2, 0.25) is 0 Å². The highest BCUT2D eigenvalue weighted by Gasteiger charge is 2.14. The van der Waals surface area contributed by atoms with E-state index in [-0.39, 0.29) is 24.4 Å². The quantitative estimate of drug-likeness (QED) is 0.758. The lowest BCUT2D eigenvalue weighted by Crippen LogP contribution is -2.37. The first kappa shape index (κ1) is 16.5. The molecule has 2 rings (SSSR count). The van der Waals surface area contributed by atoms with Crippen molar-refractivity contribution in [1.29, 1.82) is 0 Å². The van der Waals surface area contributed by atoms with Gasteiger partial charge in [0.15, 0.2) is 0 Å². The predicted molar refractivity (Wildman–Crippen MR) is 85.8 cm³/mol. The molecule has 0 aliphatic heterocycles. The van der Waals surface area contributed by atoms with Gasteiger partial charge >= 0.3 is 5.76 Å². The van der Waals surface area contributed by atoms with Gasteiger partial charge < -0.3 is 9.73 Å². The van der Waals surface area contributed by atoms with Gasteiger partial charge in [-0.1, -0.05) is 32.3 Å². The molecule has 0 unspecified atom stereocenters. The van der Waals surface area contributed by atoms with Crippen LogP contribution in [0.4, 0.5) is 0 Å². The fourth-order valence-electron chi connectivity index (χ4n) is 2.14. The molecule has 0 aromatic carbocycles. The van der Waals surface area contributed by atoms with Crippen molar-refractivity contribution in [1.82, 2.24) is 15.1 Å². The van der Waals surface area contributed by atoms with Crippen LogP contribution in [0, 0.1) is 0 Å². The number of nitrogens with zero attached hydrogens (tertiary/aromatic N) is 2. The van der Waals surface area contributed by atoms with E-state index in [2.05, 4.69) is 17.3 Å². The smallest absolute Gasteiger partial charge is 0.387 e. The maximum Gasteiger partial charge on any atom is 0.437 e. The van der Waals surface area contributed by atoms with Crippen LogP contribution in [-0.2, 0) is 11.3 Å². The average molecular weight is 323 g/mol. The molecule has 0 saturated carbocycles. The number of carbonyl (C=O) groups excluding carboxylic acids is 1. The third-order valence-corrected chi connectivity index (χ3v) is 4.14. The first-order valence-corrected chi connectivity index (χ1v) is 8.39. The van der Waals surface area contributed by atoms with Gasteiger partial charge in [0.1, 0.15) is 6.54 Å². The second-order valence-corrected chi connectivity index (χ2v) is 6.22. The molecule has 0 aliphatic rings. The molecule has 22 heavy (non-hydrogen) atoms. The number of thiophene rings is 1. The molecule has 1 amide bonds. The molecule has 120 valence electrons. The molecule has 7 heteroatoms. The summed E-state index contributed by atoms with van der Waals surface area (Å²) in [5, 5.41) is 8.82. The first-order chi connectivity index (χ1) is 10.6. The third-order valence-electron chi connectivity index (χ3n) is 3.28. The molecule has 0 fully saturated rings. The molecule has 6 nitrogen and oxygen atoms in total. The van der Waals surface area contributed by atoms with Crippen molar-refractivity contribution in [2.45, 2.75) is 52.1 Å². The Labute approximate surface area is 133 Å². The highest BCUT2D eigenvalue weighted by molar-refractivity contribution is 7.13. The Morgan fingerprint density at radius 2 is 2.32 bits per heavy atom. The summed E-state index contributed by atoms with van der Waals surface area (Å²) in [5.74, 6) is -0.585. The Bertz CT molecular complexity index is 645. The molecular weight excluding hydrogens is 302 g/mol. The van der Waals surface area contributed by atoms with Crippen molar-refractivity contribution < 1.29 is 9.21 Å². The summed E-state index contributed by atoms with van der Waals surface area (Å²) in [7, 11) is 0. The van der Waals surface area contributed by atoms with E-state index in [1.807, 2.05) is 24.4 Å². The van der Waals surface area contributed by atoms with Crippen molar-refractivity contribution in [2.75, 3.05) is 0 Å². The number of hydrogen-bond acceptors (Lipinski definition) is 5. The second-order valence-electron chi connectivity index (χ2n) is 5.27. The van der Waals surface area contributed by atoms with E-state index in [9.17, 15) is 9.59 Å². The summed E-state index contributed by atoms with van der Waals surface area (Å²) in [4.78, 5) is 24.4. The van der Waals surface area contributed by atoms with Crippen LogP contribution < -0.4 is 11.1 Å². The Balaban J connectivity index is 1.90. The van der Waals surface area contributed by atoms with Gasteiger partial charge in [-0.3, -0.25) is 4.79 Å². The molecular formula is C15H21N3O3S. The van der Waals surface area contributed by atoms with Crippen LogP contribution in [0.25, 0.3) is 10.8 Å². The lowest BCUT2D eigenvalue weighted by molar-refractivity contribution is -0.122. The van der Waals surface area contributed by atoms with Gasteiger partial charge in [-0.2, -0.15) is 4.68 Å². The van der Waals surface area contributed by atoms with Crippen molar-refractivity contribution >= 4 is 17.2 Å². The maximum absolute atomic E-state index is 12.0. The van der Waals surface area contributed by atoms with Crippen LogP contribution in [0.15, 0.2) is 26.7 Å². The molecule has 0 radical (unpaired) electrons. The van der Waals surface area contributed by atoms with Crippen LogP contribution >= 0.6 is 11.3 Å². The number of hydrogen-bond donors (Lipinski definition) is 1. The van der Waals surface area contributed by atoms with Gasteiger partial charge in [-0.15, -0.1) is 16.4 Å². The minimum atomic E-state index is -0.614. The summed E-state index contributed by atoms with van der Waals surface area (Å²) in [6.07, 6.45) is 4.34. The summed E-state index contributed by atoms with van der Waals surface area (Å²) in [6, 6.07) is 3.76. The van der Waals surface area contributed by atoms with Crippen molar-refractivity contribution in [3.8, 4) is 10.8 Å². The summed E-state index contributed by atoms with van der Waals surface area (Å²) < 4.78 is 6.13. The van der Waals surface area contributed by atoms with Gasteiger partial charge in [0, 0.05) is 6.04 Å². The van der Waals surface area contributed by atoms with Gasteiger partial charge in [0.2, 0.25) is 5.91 Å². The lowest BCUT2D eigenvalue weighted by Gasteiger charge is -2.13. The minimum absolute atomic E-state index is 0.0958. The summed E-state index contributed by atoms with van der Waals surface area (Å²) in [5.41, 5.74) is 0. The van der Waals surface area contributed by atoms with Crippen LogP contribution in [0.1, 0.15) is 39.5 Å². The minimum Gasteiger partial charge on any atom is -0.387 e. The summed E-state index contributed by atoms with van der Waals surface area (Å²) >= 11 is 1.43. The van der Waals surface area contributed by atoms with E-state index in [1.54, 1.807) is 0 Å². The predicted octanol–water partition coefficient (Wildman–Crippen LogP) is 2.65. The molecule has 2 heterocycles. The Kier molecular flexibility index (Phi) is 5.94. The molecule has 2 aromatic rings. The fourth-order valence-corrected chi connectivity index (χ4v) is 2.78. The number of aromatic nitrogens is 2. The Morgan fingerprint density at radius 1 is 1.50 bits per heavy atom. The van der Waals surface area contributed by atoms with E-state index < -0.39 is 5.76 Å². The van der Waals surface area contributed by atoms with E-state index in [4.69, 9.17) is 4.42 Å².